The average Bonchev–Trinajstić information content (AvgIpc) is 2.89. The van der Waals surface area contributed by atoms with Gasteiger partial charge in [0.2, 0.25) is 15.9 Å². The van der Waals surface area contributed by atoms with Gasteiger partial charge in [0.05, 0.1) is 25.0 Å². The molecule has 184 valence electrons. The first-order chi connectivity index (χ1) is 16.4. The number of carbonyl (C=O) groups excluding carboxylic acids is 1. The Hall–Kier alpha value is -2.58. The smallest absolute Gasteiger partial charge is 0.243 e. The molecule has 8 heteroatoms. The zero-order valence-electron chi connectivity index (χ0n) is 20.0. The Morgan fingerprint density at radius 2 is 1.65 bits per heavy atom. The second kappa shape index (κ2) is 10.8. The molecule has 0 bridgehead atoms. The van der Waals surface area contributed by atoms with E-state index in [0.717, 1.165) is 38.8 Å². The van der Waals surface area contributed by atoms with Crippen LogP contribution < -0.4 is 9.47 Å². The molecule has 34 heavy (non-hydrogen) atoms. The summed E-state index contributed by atoms with van der Waals surface area (Å²) in [5.74, 6) is 1.22. The van der Waals surface area contributed by atoms with Crippen molar-refractivity contribution in [1.29, 1.82) is 0 Å². The van der Waals surface area contributed by atoms with Crippen molar-refractivity contribution in [3.63, 3.8) is 0 Å². The molecule has 2 aliphatic rings. The van der Waals surface area contributed by atoms with Crippen LogP contribution in [0.5, 0.6) is 11.5 Å². The van der Waals surface area contributed by atoms with Gasteiger partial charge in [-0.1, -0.05) is 30.3 Å². The second-order valence-electron chi connectivity index (χ2n) is 9.18. The quantitative estimate of drug-likeness (QED) is 0.598. The Kier molecular flexibility index (Phi) is 7.78. The maximum Gasteiger partial charge on any atom is 0.243 e. The van der Waals surface area contributed by atoms with Crippen molar-refractivity contribution in [2.24, 2.45) is 11.8 Å². The van der Waals surface area contributed by atoms with E-state index in [1.807, 2.05) is 11.0 Å². The van der Waals surface area contributed by atoms with E-state index >= 15 is 0 Å². The second-order valence-corrected chi connectivity index (χ2v) is 11.1. The number of hydrogen-bond acceptors (Lipinski definition) is 5. The summed E-state index contributed by atoms with van der Waals surface area (Å²) in [5, 5.41) is 0. The minimum atomic E-state index is -3.73. The molecule has 2 aliphatic heterocycles. The summed E-state index contributed by atoms with van der Waals surface area (Å²) in [5.41, 5.74) is 1.34. The predicted molar refractivity (Wildman–Crippen MR) is 130 cm³/mol. The molecule has 0 spiro atoms. The Balaban J connectivity index is 1.37. The van der Waals surface area contributed by atoms with E-state index in [4.69, 9.17) is 9.47 Å². The van der Waals surface area contributed by atoms with E-state index in [0.29, 0.717) is 30.4 Å². The molecule has 0 unspecified atom stereocenters. The lowest BCUT2D eigenvalue weighted by Crippen LogP contribution is -2.48. The van der Waals surface area contributed by atoms with E-state index in [-0.39, 0.29) is 23.3 Å². The van der Waals surface area contributed by atoms with Crippen molar-refractivity contribution >= 4 is 15.9 Å². The van der Waals surface area contributed by atoms with Crippen molar-refractivity contribution < 1.29 is 22.7 Å². The number of amides is 1. The predicted octanol–water partition coefficient (Wildman–Crippen LogP) is 3.59. The van der Waals surface area contributed by atoms with Crippen LogP contribution in [0.3, 0.4) is 0 Å². The first-order valence-electron chi connectivity index (χ1n) is 12.0. The highest BCUT2D eigenvalue weighted by molar-refractivity contribution is 7.89. The number of hydrogen-bond donors (Lipinski definition) is 0. The van der Waals surface area contributed by atoms with Gasteiger partial charge in [0.25, 0.3) is 0 Å². The Morgan fingerprint density at radius 1 is 0.941 bits per heavy atom. The molecule has 0 aromatic heterocycles. The summed E-state index contributed by atoms with van der Waals surface area (Å²) >= 11 is 0. The fourth-order valence-electron chi connectivity index (χ4n) is 5.05. The van der Waals surface area contributed by atoms with Gasteiger partial charge >= 0.3 is 0 Å². The molecule has 2 heterocycles. The van der Waals surface area contributed by atoms with Gasteiger partial charge in [-0.3, -0.25) is 4.79 Å². The number of likely N-dealkylation sites (tertiary alicyclic amines) is 1. The first kappa shape index (κ1) is 24.5. The Labute approximate surface area is 202 Å². The summed E-state index contributed by atoms with van der Waals surface area (Å²) in [6, 6.07) is 15.1. The van der Waals surface area contributed by atoms with Crippen LogP contribution in [0, 0.1) is 11.8 Å². The molecular weight excluding hydrogens is 452 g/mol. The summed E-state index contributed by atoms with van der Waals surface area (Å²) < 4.78 is 38.6. The fraction of sp³-hybridized carbons (Fsp3) is 0.500. The third-order valence-corrected chi connectivity index (χ3v) is 8.88. The molecule has 2 fully saturated rings. The topological polar surface area (TPSA) is 76.2 Å². The van der Waals surface area contributed by atoms with Gasteiger partial charge in [-0.25, -0.2) is 8.42 Å². The number of piperidine rings is 2. The Morgan fingerprint density at radius 3 is 2.32 bits per heavy atom. The van der Waals surface area contributed by atoms with E-state index < -0.39 is 10.0 Å². The molecule has 2 aromatic rings. The van der Waals surface area contributed by atoms with Crippen LogP contribution in [0.4, 0.5) is 0 Å². The molecule has 0 aliphatic carbocycles. The molecule has 0 radical (unpaired) electrons. The lowest BCUT2D eigenvalue weighted by molar-refractivity contribution is -0.138. The highest BCUT2D eigenvalue weighted by Gasteiger charge is 2.36. The lowest BCUT2D eigenvalue weighted by atomic mass is 9.89. The minimum absolute atomic E-state index is 0.0883. The maximum absolute atomic E-state index is 13.3. The van der Waals surface area contributed by atoms with Crippen LogP contribution >= 0.6 is 0 Å². The van der Waals surface area contributed by atoms with Crippen LogP contribution in [0.15, 0.2) is 53.4 Å². The van der Waals surface area contributed by atoms with Crippen LogP contribution in [0.2, 0.25) is 0 Å². The van der Waals surface area contributed by atoms with Crippen molar-refractivity contribution in [1.82, 2.24) is 9.21 Å². The molecule has 0 saturated carbocycles. The summed E-state index contributed by atoms with van der Waals surface area (Å²) in [4.78, 5) is 15.4. The molecule has 7 nitrogen and oxygen atoms in total. The number of sulfonamides is 1. The standard InChI is InChI=1S/C26H34N2O5S/c1-32-24-11-10-23(18-25(24)33-2)34(30,31)28-14-6-9-22(19-28)26(29)27-15-12-21(13-16-27)17-20-7-4-3-5-8-20/h3-5,7-8,10-11,18,21-22H,6,9,12-17,19H2,1-2H3/t22-/m1/s1. The van der Waals surface area contributed by atoms with E-state index in [1.165, 1.54) is 36.2 Å². The summed E-state index contributed by atoms with van der Waals surface area (Å²) in [6.07, 6.45) is 4.42. The molecule has 0 N–H and O–H groups in total. The first-order valence-corrected chi connectivity index (χ1v) is 13.4. The number of benzene rings is 2. The highest BCUT2D eigenvalue weighted by atomic mass is 32.2. The monoisotopic (exact) mass is 486 g/mol. The molecule has 2 aromatic carbocycles. The molecule has 1 atom stereocenters. The molecular formula is C26H34N2O5S. The molecule has 1 amide bonds. The van der Waals surface area contributed by atoms with Gasteiger partial charge in [-0.15, -0.1) is 0 Å². The number of nitrogens with zero attached hydrogens (tertiary/aromatic N) is 2. The number of carbonyl (C=O) groups is 1. The van der Waals surface area contributed by atoms with Gasteiger partial charge in [-0.05, 0) is 55.7 Å². The van der Waals surface area contributed by atoms with Gasteiger partial charge in [0.15, 0.2) is 11.5 Å². The molecule has 4 rings (SSSR count). The Bertz CT molecular complexity index is 1080. The normalized spacial score (nSPS) is 20.2. The third-order valence-electron chi connectivity index (χ3n) is 7.02. The number of rotatable bonds is 7. The lowest BCUT2D eigenvalue weighted by Gasteiger charge is -2.37. The highest BCUT2D eigenvalue weighted by Crippen LogP contribution is 2.32. The maximum atomic E-state index is 13.3. The van der Waals surface area contributed by atoms with Crippen molar-refractivity contribution in [3.8, 4) is 11.5 Å². The van der Waals surface area contributed by atoms with Gasteiger partial charge in [0, 0.05) is 32.2 Å². The van der Waals surface area contributed by atoms with E-state index in [9.17, 15) is 13.2 Å². The van der Waals surface area contributed by atoms with Crippen molar-refractivity contribution in [3.05, 3.63) is 54.1 Å². The van der Waals surface area contributed by atoms with Crippen LogP contribution in [0.25, 0.3) is 0 Å². The SMILES string of the molecule is COc1ccc(S(=O)(=O)N2CCC[C@@H](C(=O)N3CCC(Cc4ccccc4)CC3)C2)cc1OC. The van der Waals surface area contributed by atoms with E-state index in [2.05, 4.69) is 24.3 Å². The average molecular weight is 487 g/mol. The summed E-state index contributed by atoms with van der Waals surface area (Å²) in [6.45, 7) is 2.13. The van der Waals surface area contributed by atoms with Crippen LogP contribution in [0.1, 0.15) is 31.2 Å². The van der Waals surface area contributed by atoms with Gasteiger partial charge in [0.1, 0.15) is 0 Å². The zero-order chi connectivity index (χ0) is 24.1. The largest absolute Gasteiger partial charge is 0.493 e. The fourth-order valence-corrected chi connectivity index (χ4v) is 6.59. The zero-order valence-corrected chi connectivity index (χ0v) is 20.8. The van der Waals surface area contributed by atoms with Gasteiger partial charge < -0.3 is 14.4 Å². The van der Waals surface area contributed by atoms with Crippen molar-refractivity contribution in [2.75, 3.05) is 40.4 Å². The van der Waals surface area contributed by atoms with Gasteiger partial charge in [-0.2, -0.15) is 4.31 Å². The van der Waals surface area contributed by atoms with E-state index in [1.54, 1.807) is 6.07 Å². The minimum Gasteiger partial charge on any atom is -0.493 e. The van der Waals surface area contributed by atoms with Crippen molar-refractivity contribution in [2.45, 2.75) is 37.0 Å². The third kappa shape index (κ3) is 5.39. The summed E-state index contributed by atoms with van der Waals surface area (Å²) in [7, 11) is -0.743. The molecule has 2 saturated heterocycles. The number of methoxy groups -OCH3 is 2. The van der Waals surface area contributed by atoms with Crippen LogP contribution in [-0.2, 0) is 21.2 Å². The van der Waals surface area contributed by atoms with Crippen LogP contribution in [-0.4, -0.2) is 63.9 Å². The number of ether oxygens (including phenoxy) is 2.